The highest BCUT2D eigenvalue weighted by atomic mass is 16.5. The first kappa shape index (κ1) is 47.9. The first-order valence-corrected chi connectivity index (χ1v) is 18.9. The predicted molar refractivity (Wildman–Crippen MR) is 210 cm³/mol. The normalized spacial score (nSPS) is 17.9. The molecule has 1 aromatic rings. The number of carbonyl (C=O) groups excluding carboxylic acids is 5. The van der Waals surface area contributed by atoms with Crippen molar-refractivity contribution in [3.05, 3.63) is 35.9 Å². The Morgan fingerprint density at radius 1 is 0.648 bits per heavy atom. The molecule has 2 aliphatic heterocycles. The van der Waals surface area contributed by atoms with Crippen LogP contribution in [0.15, 0.2) is 30.3 Å². The second-order valence-electron chi connectivity index (χ2n) is 12.9. The van der Waals surface area contributed by atoms with Gasteiger partial charge in [-0.1, -0.05) is 65.5 Å². The van der Waals surface area contributed by atoms with E-state index in [1.807, 2.05) is 37.3 Å². The van der Waals surface area contributed by atoms with Gasteiger partial charge in [0, 0.05) is 79.7 Å². The van der Waals surface area contributed by atoms with Gasteiger partial charge >= 0.3 is 11.9 Å². The second-order valence-corrected chi connectivity index (χ2v) is 12.9. The van der Waals surface area contributed by atoms with Crippen LogP contribution in [0.25, 0.3) is 0 Å². The van der Waals surface area contributed by atoms with Crippen molar-refractivity contribution in [1.29, 1.82) is 0 Å². The number of nitrogens with one attached hydrogen (secondary N) is 4. The number of benzene rings is 1. The van der Waals surface area contributed by atoms with Crippen molar-refractivity contribution in [3.63, 3.8) is 0 Å². The van der Waals surface area contributed by atoms with Gasteiger partial charge in [-0.05, 0) is 31.7 Å². The van der Waals surface area contributed by atoms with Crippen molar-refractivity contribution in [3.8, 4) is 0 Å². The number of aliphatic carboxylic acids is 1. The topological polar surface area (TPSA) is 193 Å². The molecule has 0 aliphatic carbocycles. The van der Waals surface area contributed by atoms with Crippen LogP contribution in [0, 0.1) is 0 Å². The summed E-state index contributed by atoms with van der Waals surface area (Å²) in [6, 6.07) is 9.09. The third-order valence-electron chi connectivity index (χ3n) is 9.32. The lowest BCUT2D eigenvalue weighted by atomic mass is 10.1. The monoisotopic (exact) mass is 765 g/mol. The lowest BCUT2D eigenvalue weighted by molar-refractivity contribution is -0.145. The van der Waals surface area contributed by atoms with Gasteiger partial charge in [0.2, 0.25) is 23.6 Å². The Kier molecular flexibility index (Phi) is 24.4. The Hall–Kier alpha value is -4.12. The number of hydrogen-bond donors (Lipinski definition) is 5. The molecule has 2 unspecified atom stereocenters. The van der Waals surface area contributed by atoms with Crippen molar-refractivity contribution in [2.45, 2.75) is 79.5 Å². The number of carboxylic acids is 1. The van der Waals surface area contributed by atoms with E-state index in [0.717, 1.165) is 57.9 Å². The number of likely N-dealkylation sites (N-methyl/N-ethyl adjacent to an activating group) is 4. The minimum absolute atomic E-state index is 0. The van der Waals surface area contributed by atoms with Crippen LogP contribution in [0.5, 0.6) is 0 Å². The standard InChI is InChI=1S/C22H34N4O4.C15H28N4O4.CH4.H2/c1-3-25-14-15-26(4-2)19(16-25)22(29)24-12-10-20(27)23-13-11-21(28)30-17-18-8-6-5-7-9-18;1-3-18-9-10-19(4-2)12(11-18)15(23)17-7-5-13(20)16-8-6-14(21)22;;/h5-9,19H,3-4,10-17H2,1-2H3,(H,23,27)(H,24,29);12H,3-11H2,1-2H3,(H,16,20)(H,17,23)(H,21,22);1H4;1H. The fraction of sp³-hybridized carbons (Fsp3) is 0.684. The van der Waals surface area contributed by atoms with E-state index in [1.165, 1.54) is 0 Å². The van der Waals surface area contributed by atoms with Crippen LogP contribution < -0.4 is 21.3 Å². The molecule has 0 saturated carbocycles. The molecule has 0 spiro atoms. The summed E-state index contributed by atoms with van der Waals surface area (Å²) >= 11 is 0. The maximum atomic E-state index is 12.5. The highest BCUT2D eigenvalue weighted by Crippen LogP contribution is 2.11. The fourth-order valence-electron chi connectivity index (χ4n) is 6.02. The van der Waals surface area contributed by atoms with E-state index in [4.69, 9.17) is 9.84 Å². The van der Waals surface area contributed by atoms with E-state index < -0.39 is 5.97 Å². The Morgan fingerprint density at radius 3 is 1.52 bits per heavy atom. The van der Waals surface area contributed by atoms with Crippen LogP contribution in [-0.2, 0) is 40.1 Å². The lowest BCUT2D eigenvalue weighted by Crippen LogP contribution is -2.58. The number of carbonyl (C=O) groups is 6. The Labute approximate surface area is 323 Å². The molecule has 0 radical (unpaired) electrons. The summed E-state index contributed by atoms with van der Waals surface area (Å²) in [5.41, 5.74) is 0.923. The minimum atomic E-state index is -0.948. The molecule has 16 heteroatoms. The first-order chi connectivity index (χ1) is 25.5. The number of hydrogen-bond acceptors (Lipinski definition) is 11. The smallest absolute Gasteiger partial charge is 0.307 e. The van der Waals surface area contributed by atoms with Crippen LogP contribution in [0.1, 0.15) is 67.8 Å². The number of amides is 4. The van der Waals surface area contributed by atoms with Crippen molar-refractivity contribution >= 4 is 35.6 Å². The zero-order valence-electron chi connectivity index (χ0n) is 32.1. The van der Waals surface area contributed by atoms with E-state index in [0.29, 0.717) is 13.1 Å². The van der Waals surface area contributed by atoms with E-state index in [1.54, 1.807) is 0 Å². The summed E-state index contributed by atoms with van der Waals surface area (Å²) in [5, 5.41) is 19.4. The van der Waals surface area contributed by atoms with E-state index in [9.17, 15) is 28.8 Å². The average Bonchev–Trinajstić information content (AvgIpc) is 3.16. The number of piperazine rings is 2. The Morgan fingerprint density at radius 2 is 1.09 bits per heavy atom. The number of carboxylic acid groups (broad SMARTS) is 1. The van der Waals surface area contributed by atoms with E-state index in [-0.39, 0.29) is 109 Å². The lowest BCUT2D eigenvalue weighted by Gasteiger charge is -2.39. The summed E-state index contributed by atoms with van der Waals surface area (Å²) in [5.74, 6) is -1.84. The molecule has 2 fully saturated rings. The summed E-state index contributed by atoms with van der Waals surface area (Å²) in [4.78, 5) is 79.3. The zero-order chi connectivity index (χ0) is 39.0. The quantitative estimate of drug-likeness (QED) is 0.117. The Bertz CT molecular complexity index is 1290. The molecular weight excluding hydrogens is 696 g/mol. The second kappa shape index (κ2) is 27.5. The third-order valence-corrected chi connectivity index (χ3v) is 9.32. The minimum Gasteiger partial charge on any atom is -0.481 e. The van der Waals surface area contributed by atoms with Gasteiger partial charge in [0.25, 0.3) is 0 Å². The molecule has 3 rings (SSSR count). The Balaban J connectivity index is 0.00000106. The molecule has 2 atom stereocenters. The molecule has 4 amide bonds. The number of rotatable bonds is 20. The molecule has 2 saturated heterocycles. The molecule has 1 aromatic carbocycles. The van der Waals surface area contributed by atoms with Crippen molar-refractivity contribution < 1.29 is 40.0 Å². The molecular formula is C38H68N8O8. The molecule has 2 aliphatic rings. The van der Waals surface area contributed by atoms with Crippen LogP contribution in [-0.4, -0.2) is 164 Å². The molecule has 54 heavy (non-hydrogen) atoms. The highest BCUT2D eigenvalue weighted by molar-refractivity contribution is 5.84. The molecule has 2 heterocycles. The SMILES string of the molecule is C.CCN1CCN(CC)C(C(=O)NCCC(=O)NCCC(=O)O)C1.CCN1CCN(CC)C(C(=O)NCCC(=O)NCCC(=O)OCc2ccccc2)C1.[HH]. The first-order valence-electron chi connectivity index (χ1n) is 18.9. The van der Waals surface area contributed by atoms with E-state index in [2.05, 4.69) is 61.6 Å². The summed E-state index contributed by atoms with van der Waals surface area (Å²) in [7, 11) is 0. The average molecular weight is 765 g/mol. The molecule has 16 nitrogen and oxygen atoms in total. The van der Waals surface area contributed by atoms with Crippen LogP contribution in [0.4, 0.5) is 0 Å². The summed E-state index contributed by atoms with van der Waals surface area (Å²) < 4.78 is 5.17. The molecule has 0 aromatic heterocycles. The number of esters is 1. The van der Waals surface area contributed by atoms with Gasteiger partial charge in [0.1, 0.15) is 18.7 Å². The highest BCUT2D eigenvalue weighted by Gasteiger charge is 2.31. The van der Waals surface area contributed by atoms with Gasteiger partial charge in [0.05, 0.1) is 12.8 Å². The largest absolute Gasteiger partial charge is 0.481 e. The molecule has 308 valence electrons. The molecule has 5 N–H and O–H groups in total. The van der Waals surface area contributed by atoms with Gasteiger partial charge < -0.3 is 40.9 Å². The summed E-state index contributed by atoms with van der Waals surface area (Å²) in [6.45, 7) is 18.0. The van der Waals surface area contributed by atoms with Crippen molar-refractivity contribution in [2.24, 2.45) is 0 Å². The molecule has 0 bridgehead atoms. The van der Waals surface area contributed by atoms with Gasteiger partial charge in [-0.3, -0.25) is 38.6 Å². The van der Waals surface area contributed by atoms with Crippen LogP contribution in [0.3, 0.4) is 0 Å². The zero-order valence-corrected chi connectivity index (χ0v) is 32.1. The van der Waals surface area contributed by atoms with Gasteiger partial charge in [-0.15, -0.1) is 0 Å². The third kappa shape index (κ3) is 18.8. The van der Waals surface area contributed by atoms with Crippen molar-refractivity contribution in [1.82, 2.24) is 40.9 Å². The van der Waals surface area contributed by atoms with Gasteiger partial charge in [0.15, 0.2) is 0 Å². The van der Waals surface area contributed by atoms with Crippen molar-refractivity contribution in [2.75, 3.05) is 91.6 Å². The van der Waals surface area contributed by atoms with Gasteiger partial charge in [-0.25, -0.2) is 0 Å². The number of ether oxygens (including phenoxy) is 1. The maximum absolute atomic E-state index is 12.5. The summed E-state index contributed by atoms with van der Waals surface area (Å²) in [6.07, 6.45) is 0.354. The van der Waals surface area contributed by atoms with Crippen LogP contribution in [0.2, 0.25) is 0 Å². The van der Waals surface area contributed by atoms with Crippen LogP contribution >= 0.6 is 0 Å². The fourth-order valence-corrected chi connectivity index (χ4v) is 6.02. The predicted octanol–water partition coefficient (Wildman–Crippen LogP) is 0.760. The van der Waals surface area contributed by atoms with E-state index >= 15 is 0 Å². The number of nitrogens with zero attached hydrogens (tertiary/aromatic N) is 4. The maximum Gasteiger partial charge on any atom is 0.307 e. The van der Waals surface area contributed by atoms with Gasteiger partial charge in [-0.2, -0.15) is 0 Å².